The number of fused-ring (bicyclic) bond motifs is 3. The summed E-state index contributed by atoms with van der Waals surface area (Å²) < 4.78 is 33.4. The fourth-order valence-electron chi connectivity index (χ4n) is 12.9. The summed E-state index contributed by atoms with van der Waals surface area (Å²) in [6.07, 6.45) is 44.4. The van der Waals surface area contributed by atoms with Gasteiger partial charge in [-0.1, -0.05) is 219 Å². The molecule has 3 saturated heterocycles. The van der Waals surface area contributed by atoms with Gasteiger partial charge in [0.15, 0.2) is 17.0 Å². The Balaban J connectivity index is 0.962. The molecular formula is C58H94O9. The molecule has 2 N–H and O–H groups in total. The Morgan fingerprint density at radius 2 is 1.25 bits per heavy atom. The van der Waals surface area contributed by atoms with E-state index < -0.39 is 64.3 Å². The Kier molecular flexibility index (Phi) is 20.5. The predicted octanol–water partition coefficient (Wildman–Crippen LogP) is 13.6. The van der Waals surface area contributed by atoms with Crippen LogP contribution in [-0.2, 0) is 33.3 Å². The van der Waals surface area contributed by atoms with E-state index in [1.807, 2.05) is 19.1 Å². The summed E-state index contributed by atoms with van der Waals surface area (Å²) in [5.41, 5.74) is -4.85. The highest BCUT2D eigenvalue weighted by Gasteiger charge is 2.88. The van der Waals surface area contributed by atoms with Crippen LogP contribution in [0.15, 0.2) is 48.1 Å². The Morgan fingerprint density at radius 1 is 0.746 bits per heavy atom. The fraction of sp³-hybridized carbons (Fsp3) is 0.828. The van der Waals surface area contributed by atoms with Gasteiger partial charge in [0, 0.05) is 24.3 Å². The highest BCUT2D eigenvalue weighted by Crippen LogP contribution is 2.72. The minimum Gasteiger partial charge on any atom is -0.462 e. The van der Waals surface area contributed by atoms with Crippen LogP contribution in [0.4, 0.5) is 0 Å². The highest BCUT2D eigenvalue weighted by molar-refractivity contribution is 6.05. The van der Waals surface area contributed by atoms with Crippen molar-refractivity contribution in [2.75, 3.05) is 6.61 Å². The molecule has 3 aliphatic carbocycles. The lowest BCUT2D eigenvalue weighted by Crippen LogP contribution is -2.72. The fourth-order valence-corrected chi connectivity index (χ4v) is 12.9. The monoisotopic (exact) mass is 935 g/mol. The molecule has 6 rings (SSSR count). The first kappa shape index (κ1) is 54.2. The summed E-state index contributed by atoms with van der Waals surface area (Å²) in [6.45, 7) is 14.3. The summed E-state index contributed by atoms with van der Waals surface area (Å²) >= 11 is 0. The van der Waals surface area contributed by atoms with Crippen LogP contribution in [0.5, 0.6) is 0 Å². The summed E-state index contributed by atoms with van der Waals surface area (Å²) in [4.78, 5) is 27.4. The van der Waals surface area contributed by atoms with Crippen LogP contribution < -0.4 is 0 Å². The van der Waals surface area contributed by atoms with Crippen LogP contribution in [0, 0.1) is 17.8 Å². The van der Waals surface area contributed by atoms with Crippen molar-refractivity contribution in [2.45, 2.75) is 280 Å². The number of carbonyl (C=O) groups is 2. The lowest BCUT2D eigenvalue weighted by Gasteiger charge is -2.59. The number of aliphatic hydroxyl groups is 2. The summed E-state index contributed by atoms with van der Waals surface area (Å²) in [7, 11) is 0. The van der Waals surface area contributed by atoms with E-state index in [1.165, 1.54) is 154 Å². The van der Waals surface area contributed by atoms with Gasteiger partial charge in [0.25, 0.3) is 0 Å². The van der Waals surface area contributed by atoms with Crippen LogP contribution in [0.2, 0.25) is 0 Å². The quantitative estimate of drug-likeness (QED) is 0.0210. The molecule has 3 aliphatic heterocycles. The van der Waals surface area contributed by atoms with Crippen molar-refractivity contribution in [1.29, 1.82) is 0 Å². The third-order valence-corrected chi connectivity index (χ3v) is 16.9. The van der Waals surface area contributed by atoms with Crippen LogP contribution in [0.3, 0.4) is 0 Å². The molecule has 0 aromatic carbocycles. The van der Waals surface area contributed by atoms with E-state index in [4.69, 9.17) is 23.7 Å². The molecule has 5 fully saturated rings. The average Bonchev–Trinajstić information content (AvgIpc) is 3.94. The first-order chi connectivity index (χ1) is 32.4. The molecule has 2 saturated carbocycles. The predicted molar refractivity (Wildman–Crippen MR) is 267 cm³/mol. The number of allylic oxidation sites excluding steroid dienone is 3. The van der Waals surface area contributed by atoms with E-state index in [9.17, 15) is 19.8 Å². The van der Waals surface area contributed by atoms with Crippen molar-refractivity contribution >= 4 is 11.8 Å². The van der Waals surface area contributed by atoms with Crippen molar-refractivity contribution in [1.82, 2.24) is 0 Å². The Bertz CT molecular complexity index is 1690. The van der Waals surface area contributed by atoms with Gasteiger partial charge in [0.2, 0.25) is 0 Å². The molecule has 0 spiro atoms. The van der Waals surface area contributed by atoms with Crippen molar-refractivity contribution in [3.05, 3.63) is 48.1 Å². The number of ketones is 1. The number of hydrogen-bond donors (Lipinski definition) is 2. The molecular weight excluding hydrogens is 841 g/mol. The topological polar surface area (TPSA) is 124 Å². The summed E-state index contributed by atoms with van der Waals surface area (Å²) in [6, 6.07) is 0. The molecule has 9 heteroatoms. The Hall–Kier alpha value is -2.14. The third-order valence-electron chi connectivity index (χ3n) is 16.9. The van der Waals surface area contributed by atoms with Gasteiger partial charge < -0.3 is 33.9 Å². The maximum Gasteiger partial charge on any atom is 0.306 e. The maximum absolute atomic E-state index is 14.1. The van der Waals surface area contributed by atoms with E-state index in [1.54, 1.807) is 19.1 Å². The lowest BCUT2D eigenvalue weighted by molar-refractivity contribution is -0.406. The highest BCUT2D eigenvalue weighted by atomic mass is 16.9. The van der Waals surface area contributed by atoms with Gasteiger partial charge in [-0.15, -0.1) is 0 Å². The zero-order valence-corrected chi connectivity index (χ0v) is 42.9. The van der Waals surface area contributed by atoms with Crippen LogP contribution in [0.1, 0.15) is 234 Å². The van der Waals surface area contributed by atoms with Gasteiger partial charge in [0.05, 0.1) is 5.60 Å². The number of hydrogen-bond acceptors (Lipinski definition) is 9. The largest absolute Gasteiger partial charge is 0.462 e. The number of carbonyl (C=O) groups excluding carboxylic acids is 2. The van der Waals surface area contributed by atoms with Crippen LogP contribution >= 0.6 is 0 Å². The van der Waals surface area contributed by atoms with Crippen molar-refractivity contribution in [3.63, 3.8) is 0 Å². The molecule has 0 aromatic rings. The van der Waals surface area contributed by atoms with Gasteiger partial charge in [0.1, 0.15) is 30.5 Å². The normalized spacial score (nSPS) is 34.7. The van der Waals surface area contributed by atoms with Gasteiger partial charge >= 0.3 is 11.9 Å². The average molecular weight is 935 g/mol. The second-order valence-electron chi connectivity index (χ2n) is 22.1. The molecule has 11 unspecified atom stereocenters. The summed E-state index contributed by atoms with van der Waals surface area (Å²) in [5.74, 6) is -4.34. The van der Waals surface area contributed by atoms with Crippen LogP contribution in [0.25, 0.3) is 0 Å². The summed E-state index contributed by atoms with van der Waals surface area (Å²) in [5, 5.41) is 25.1. The molecule has 67 heavy (non-hydrogen) atoms. The van der Waals surface area contributed by atoms with Gasteiger partial charge in [-0.25, -0.2) is 0 Å². The molecule has 6 aliphatic rings. The standard InChI is InChI=1S/C58H94O9/c1-7-9-11-13-15-17-19-20-21-22-23-24-25-26-27-28-29-31-33-35-37-39-48(59)63-43-55-52(64-55)49-51-54(44(3)4)42-46(6)58(49,47-41-45(5)50(60)57(47,62)53(55)61)67-56(65-51,66-54)40-38-36-34-32-30-18-16-14-12-10-8-2/h34,36,38,40-41,46-47,49,51-53,61-62H,3,7-33,35,37,39,42-43H2,1-2,4-6H3. The molecule has 11 atom stereocenters. The number of unbranched alkanes of at least 4 members (excludes halogenated alkanes) is 27. The van der Waals surface area contributed by atoms with Gasteiger partial charge in [-0.05, 0) is 56.6 Å². The number of esters is 1. The van der Waals surface area contributed by atoms with E-state index in [0.717, 1.165) is 37.7 Å². The van der Waals surface area contributed by atoms with Crippen molar-refractivity contribution < 1.29 is 43.5 Å². The minimum atomic E-state index is -2.28. The number of epoxide rings is 1. The van der Waals surface area contributed by atoms with E-state index >= 15 is 0 Å². The molecule has 0 radical (unpaired) electrons. The number of aliphatic hydroxyl groups excluding tert-OH is 1. The lowest BCUT2D eigenvalue weighted by atomic mass is 9.54. The second-order valence-corrected chi connectivity index (χ2v) is 22.1. The zero-order valence-electron chi connectivity index (χ0n) is 42.9. The molecule has 0 amide bonds. The van der Waals surface area contributed by atoms with Gasteiger partial charge in [-0.2, -0.15) is 0 Å². The van der Waals surface area contributed by atoms with Crippen molar-refractivity contribution in [3.8, 4) is 0 Å². The Labute approximate surface area is 406 Å². The van der Waals surface area contributed by atoms with Gasteiger partial charge in [-0.3, -0.25) is 9.59 Å². The maximum atomic E-state index is 14.1. The smallest absolute Gasteiger partial charge is 0.306 e. The first-order valence-electron chi connectivity index (χ1n) is 27.9. The first-order valence-corrected chi connectivity index (χ1v) is 27.9. The molecule has 0 aromatic heterocycles. The van der Waals surface area contributed by atoms with Crippen molar-refractivity contribution in [2.24, 2.45) is 17.8 Å². The molecule has 380 valence electrons. The second kappa shape index (κ2) is 25.3. The third kappa shape index (κ3) is 12.1. The van der Waals surface area contributed by atoms with E-state index in [0.29, 0.717) is 12.0 Å². The molecule has 9 nitrogen and oxygen atoms in total. The van der Waals surface area contributed by atoms with E-state index in [2.05, 4.69) is 33.4 Å². The number of rotatable bonds is 35. The van der Waals surface area contributed by atoms with E-state index in [-0.39, 0.29) is 24.9 Å². The number of ether oxygens (including phenoxy) is 5. The molecule has 3 bridgehead atoms. The van der Waals surface area contributed by atoms with Crippen LogP contribution in [-0.4, -0.2) is 75.3 Å². The Morgan fingerprint density at radius 3 is 1.78 bits per heavy atom. The molecule has 3 heterocycles. The minimum absolute atomic E-state index is 0.260. The number of Topliss-reactive ketones (excluding diaryl/α,β-unsaturated/α-hetero) is 1. The zero-order chi connectivity index (χ0) is 48.0. The SMILES string of the molecule is C=C(C)C12CC(C)C34OC(C=CC=CCCCCCCCCC)(OC1C3C1OC1(COC(=O)CCCCCCCCCCCCCCCCCCCCCCC)C(O)C1(O)C(=O)C(C)=CC14)O2.